The van der Waals surface area contributed by atoms with E-state index in [0.29, 0.717) is 16.7 Å². The van der Waals surface area contributed by atoms with Gasteiger partial charge in [-0.05, 0) is 74.1 Å². The number of phenolic OH excluding ortho intramolecular Hbond substituents is 2. The van der Waals surface area contributed by atoms with Gasteiger partial charge in [-0.3, -0.25) is 43.3 Å². The van der Waals surface area contributed by atoms with Crippen molar-refractivity contribution in [2.45, 2.75) is 93.0 Å². The standard InChI is InChI=1S/C46H62N12O11S2/c1-46(2)37(58-39(64)30(47)19-26-10-14-28(60)15-11-26)44(69)56-32(21-27-12-16-29(61)17-13-27)40(65)52-22-36(62)53-34(23-59)42(67)55-33(20-25-7-4-3-5-8-25)41(66)57-35(24-70-71-46)43(68)54-31(38(48)63)9-6-18-51-45(49)50/h3-5,7-8,10-17,30-35,37,59-61H,6,9,18-24,47H2,1-2H3,(H2,48,63)(H,52,65)(H,53,62)(H,54,68)(H,55,67)(H,56,69)(H,57,66)(H,58,64)(H4,49,50,51)/t30-,31-,32-,33+,34-,35+,37+/m0/s1. The smallest absolute Gasteiger partial charge is 0.245 e. The molecule has 1 saturated heterocycles. The molecule has 7 atom stereocenters. The summed E-state index contributed by atoms with van der Waals surface area (Å²) in [5.74, 6) is -7.62. The molecule has 1 aliphatic heterocycles. The second kappa shape index (κ2) is 27.3. The monoisotopic (exact) mass is 1020 g/mol. The van der Waals surface area contributed by atoms with E-state index < -0.39 is 107 Å². The lowest BCUT2D eigenvalue weighted by atomic mass is 9.99. The fourth-order valence-corrected chi connectivity index (χ4v) is 9.81. The molecule has 18 N–H and O–H groups in total. The maximum absolute atomic E-state index is 14.6. The molecule has 8 amide bonds. The second-order valence-corrected chi connectivity index (χ2v) is 20.1. The molecular formula is C46H62N12O11S2. The number of hydrogen-bond donors (Lipinski definition) is 14. The minimum atomic E-state index is -1.64. The van der Waals surface area contributed by atoms with Crippen LogP contribution in [0, 0.1) is 0 Å². The van der Waals surface area contributed by atoms with E-state index in [1.165, 1.54) is 36.4 Å². The molecule has 1 aliphatic rings. The largest absolute Gasteiger partial charge is 0.508 e. The van der Waals surface area contributed by atoms with E-state index in [4.69, 9.17) is 22.9 Å². The lowest BCUT2D eigenvalue weighted by molar-refractivity contribution is -0.135. The van der Waals surface area contributed by atoms with Crippen molar-refractivity contribution in [2.75, 3.05) is 25.4 Å². The number of nitrogens with zero attached hydrogens (tertiary/aromatic N) is 1. The maximum Gasteiger partial charge on any atom is 0.245 e. The number of phenols is 2. The molecule has 3 aromatic rings. The molecule has 0 aliphatic carbocycles. The Kier molecular flexibility index (Phi) is 21.8. The minimum Gasteiger partial charge on any atom is -0.508 e. The lowest BCUT2D eigenvalue weighted by Gasteiger charge is -2.35. The summed E-state index contributed by atoms with van der Waals surface area (Å²) in [5, 5.41) is 47.9. The third-order valence-corrected chi connectivity index (χ3v) is 14.2. The van der Waals surface area contributed by atoms with Gasteiger partial charge < -0.3 is 75.5 Å². The first-order valence-electron chi connectivity index (χ1n) is 22.4. The Morgan fingerprint density at radius 3 is 1.92 bits per heavy atom. The number of guanidine groups is 1. The molecule has 4 rings (SSSR count). The molecule has 0 radical (unpaired) electrons. The molecule has 0 spiro atoms. The van der Waals surface area contributed by atoms with Crippen molar-refractivity contribution in [3.8, 4) is 11.5 Å². The number of rotatable bonds is 16. The van der Waals surface area contributed by atoms with Gasteiger partial charge in [0.15, 0.2) is 5.96 Å². The van der Waals surface area contributed by atoms with Crippen LogP contribution < -0.4 is 60.2 Å². The number of aliphatic hydroxyl groups excluding tert-OH is 1. The van der Waals surface area contributed by atoms with E-state index in [9.17, 15) is 53.7 Å². The van der Waals surface area contributed by atoms with Crippen LogP contribution in [0.2, 0.25) is 0 Å². The van der Waals surface area contributed by atoms with Gasteiger partial charge in [0.2, 0.25) is 47.3 Å². The summed E-state index contributed by atoms with van der Waals surface area (Å²) in [6.07, 6.45) is -0.0839. The Labute approximate surface area is 417 Å². The Morgan fingerprint density at radius 2 is 1.32 bits per heavy atom. The van der Waals surface area contributed by atoms with Crippen molar-refractivity contribution in [3.63, 3.8) is 0 Å². The predicted molar refractivity (Wildman–Crippen MR) is 267 cm³/mol. The Hall–Kier alpha value is -7.09. The normalized spacial score (nSPS) is 21.3. The first-order valence-corrected chi connectivity index (χ1v) is 24.7. The zero-order valence-electron chi connectivity index (χ0n) is 39.1. The van der Waals surface area contributed by atoms with Gasteiger partial charge in [0, 0.05) is 29.9 Å². The summed E-state index contributed by atoms with van der Waals surface area (Å²) in [6, 6.07) is 10.3. The van der Waals surface area contributed by atoms with Gasteiger partial charge in [-0.2, -0.15) is 0 Å². The van der Waals surface area contributed by atoms with E-state index in [2.05, 4.69) is 42.2 Å². The van der Waals surface area contributed by atoms with Crippen molar-refractivity contribution < 1.29 is 53.7 Å². The number of aromatic hydroxyl groups is 2. The average molecular weight is 1020 g/mol. The number of nitrogens with two attached hydrogens (primary N) is 4. The molecule has 384 valence electrons. The predicted octanol–water partition coefficient (Wildman–Crippen LogP) is -2.82. The zero-order chi connectivity index (χ0) is 52.3. The van der Waals surface area contributed by atoms with Crippen LogP contribution in [0.15, 0.2) is 83.9 Å². The summed E-state index contributed by atoms with van der Waals surface area (Å²) >= 11 is 0. The van der Waals surface area contributed by atoms with Crippen LogP contribution in [-0.4, -0.2) is 141 Å². The van der Waals surface area contributed by atoms with Crippen molar-refractivity contribution >= 4 is 74.8 Å². The van der Waals surface area contributed by atoms with Gasteiger partial charge in [-0.25, -0.2) is 0 Å². The Balaban J connectivity index is 1.76. The van der Waals surface area contributed by atoms with Gasteiger partial charge >= 0.3 is 0 Å². The first kappa shape index (κ1) is 56.5. The van der Waals surface area contributed by atoms with Gasteiger partial charge in [0.25, 0.3) is 0 Å². The summed E-state index contributed by atoms with van der Waals surface area (Å²) in [5.41, 5.74) is 24.5. The highest BCUT2D eigenvalue weighted by Gasteiger charge is 2.41. The van der Waals surface area contributed by atoms with Crippen molar-refractivity contribution in [2.24, 2.45) is 27.9 Å². The van der Waals surface area contributed by atoms with Crippen molar-refractivity contribution in [3.05, 3.63) is 95.6 Å². The van der Waals surface area contributed by atoms with Crippen LogP contribution in [0.1, 0.15) is 43.4 Å². The number of benzene rings is 3. The van der Waals surface area contributed by atoms with E-state index in [1.54, 1.807) is 56.3 Å². The molecule has 23 nitrogen and oxygen atoms in total. The summed E-state index contributed by atoms with van der Waals surface area (Å²) < 4.78 is -1.34. The van der Waals surface area contributed by atoms with Crippen molar-refractivity contribution in [1.29, 1.82) is 0 Å². The summed E-state index contributed by atoms with van der Waals surface area (Å²) in [6.45, 7) is 1.61. The molecule has 0 saturated carbocycles. The first-order chi connectivity index (χ1) is 33.6. The van der Waals surface area contributed by atoms with Crippen LogP contribution in [0.3, 0.4) is 0 Å². The Bertz CT molecular complexity index is 2360. The second-order valence-electron chi connectivity index (χ2n) is 17.1. The lowest BCUT2D eigenvalue weighted by Crippen LogP contribution is -2.62. The molecule has 0 aromatic heterocycles. The third-order valence-electron chi connectivity index (χ3n) is 10.9. The molecule has 25 heteroatoms. The van der Waals surface area contributed by atoms with E-state index in [-0.39, 0.29) is 61.9 Å². The fourth-order valence-electron chi connectivity index (χ4n) is 7.00. The quantitative estimate of drug-likeness (QED) is 0.0298. The third kappa shape index (κ3) is 18.6. The van der Waals surface area contributed by atoms with Crippen LogP contribution in [0.25, 0.3) is 0 Å². The van der Waals surface area contributed by atoms with Crippen LogP contribution in [-0.2, 0) is 57.6 Å². The number of hydrogen-bond acceptors (Lipinski definition) is 15. The van der Waals surface area contributed by atoms with Crippen LogP contribution >= 0.6 is 21.6 Å². The number of carbonyl (C=O) groups excluding carboxylic acids is 8. The Morgan fingerprint density at radius 1 is 0.761 bits per heavy atom. The SMILES string of the molecule is CC1(C)SSC[C@H](C(=O)N[C@@H](CCCN=C(N)N)C(N)=O)NC(=O)[C@@H](Cc2ccccc2)NC(=O)[C@H](CO)NC(=O)CNC(=O)[C@H](Cc2ccc(O)cc2)NC(=O)[C@H]1NC(=O)[C@@H](N)Cc1ccc(O)cc1. The van der Waals surface area contributed by atoms with E-state index >= 15 is 0 Å². The number of nitrogens with one attached hydrogen (secondary N) is 7. The molecule has 0 bridgehead atoms. The fraction of sp³-hybridized carbons (Fsp3) is 0.413. The molecular weight excluding hydrogens is 961 g/mol. The van der Waals surface area contributed by atoms with Gasteiger partial charge in [0.1, 0.15) is 47.8 Å². The number of aliphatic imine (C=N–C) groups is 1. The highest BCUT2D eigenvalue weighted by atomic mass is 33.1. The highest BCUT2D eigenvalue weighted by molar-refractivity contribution is 8.77. The van der Waals surface area contributed by atoms with Crippen molar-refractivity contribution in [1.82, 2.24) is 37.2 Å². The molecule has 0 unspecified atom stereocenters. The number of aliphatic hydroxyl groups is 1. The zero-order valence-corrected chi connectivity index (χ0v) is 40.7. The topological polar surface area (TPSA) is 398 Å². The van der Waals surface area contributed by atoms with Gasteiger partial charge in [-0.1, -0.05) is 76.2 Å². The maximum atomic E-state index is 14.6. The molecule has 1 heterocycles. The van der Waals surface area contributed by atoms with Crippen LogP contribution in [0.4, 0.5) is 0 Å². The number of amides is 8. The highest BCUT2D eigenvalue weighted by Crippen LogP contribution is 2.39. The van der Waals surface area contributed by atoms with E-state index in [1.807, 2.05) is 0 Å². The van der Waals surface area contributed by atoms with Gasteiger partial charge in [-0.15, -0.1) is 0 Å². The molecule has 71 heavy (non-hydrogen) atoms. The minimum absolute atomic E-state index is 0.00332. The van der Waals surface area contributed by atoms with Gasteiger partial charge in [0.05, 0.1) is 19.2 Å². The summed E-state index contributed by atoms with van der Waals surface area (Å²) in [4.78, 5) is 114. The number of primary amides is 1. The van der Waals surface area contributed by atoms with Crippen LogP contribution in [0.5, 0.6) is 11.5 Å². The molecule has 3 aromatic carbocycles. The van der Waals surface area contributed by atoms with E-state index in [0.717, 1.165) is 21.6 Å². The number of carbonyl (C=O) groups is 8. The molecule has 1 fully saturated rings. The summed E-state index contributed by atoms with van der Waals surface area (Å²) in [7, 11) is 2.00. The average Bonchev–Trinajstić information content (AvgIpc) is 3.32.